The molecule has 0 aromatic heterocycles. The Hall–Kier alpha value is -3.71. The van der Waals surface area contributed by atoms with E-state index in [9.17, 15) is 18.0 Å². The number of allylic oxidation sites excluding steroid dienone is 1. The quantitative estimate of drug-likeness (QED) is 0.454. The van der Waals surface area contributed by atoms with Gasteiger partial charge in [0.15, 0.2) is 10.7 Å². The smallest absolute Gasteiger partial charge is 0.270 e. The number of fused-ring (bicyclic) bond motifs is 1. The van der Waals surface area contributed by atoms with E-state index in [1.165, 1.54) is 17.4 Å². The SMILES string of the molecule is CC(=O)c1ccc(NC=C2C(=O)c3ccccc3N(Cc3cccc(C)c3)S2(=O)=O)cc1. The van der Waals surface area contributed by atoms with Crippen LogP contribution in [0.25, 0.3) is 0 Å². The first kappa shape index (κ1) is 21.5. The Balaban J connectivity index is 1.74. The van der Waals surface area contributed by atoms with Crippen molar-refractivity contribution in [1.29, 1.82) is 0 Å². The van der Waals surface area contributed by atoms with Crippen molar-refractivity contribution in [3.63, 3.8) is 0 Å². The molecule has 0 saturated heterocycles. The summed E-state index contributed by atoms with van der Waals surface area (Å²) in [5.41, 5.74) is 3.65. The van der Waals surface area contributed by atoms with Gasteiger partial charge >= 0.3 is 0 Å². The third-order valence-electron chi connectivity index (χ3n) is 5.28. The van der Waals surface area contributed by atoms with Crippen LogP contribution in [0.5, 0.6) is 0 Å². The zero-order valence-corrected chi connectivity index (χ0v) is 18.5. The molecule has 1 aliphatic heterocycles. The second-order valence-electron chi connectivity index (χ2n) is 7.63. The maximum atomic E-state index is 13.5. The van der Waals surface area contributed by atoms with Gasteiger partial charge in [-0.3, -0.25) is 13.9 Å². The minimum Gasteiger partial charge on any atom is -0.360 e. The topological polar surface area (TPSA) is 83.6 Å². The van der Waals surface area contributed by atoms with Crippen LogP contribution in [-0.4, -0.2) is 20.0 Å². The van der Waals surface area contributed by atoms with Crippen molar-refractivity contribution in [2.45, 2.75) is 20.4 Å². The van der Waals surface area contributed by atoms with Gasteiger partial charge in [-0.25, -0.2) is 8.42 Å². The lowest BCUT2D eigenvalue weighted by molar-refractivity contribution is 0.101. The van der Waals surface area contributed by atoms with Gasteiger partial charge in [0, 0.05) is 23.0 Å². The molecule has 1 aliphatic rings. The third kappa shape index (κ3) is 4.07. The van der Waals surface area contributed by atoms with E-state index in [1.807, 2.05) is 31.2 Å². The number of hydrogen-bond acceptors (Lipinski definition) is 5. The van der Waals surface area contributed by atoms with Crippen LogP contribution < -0.4 is 9.62 Å². The molecule has 0 bridgehead atoms. The van der Waals surface area contributed by atoms with Gasteiger partial charge in [0.25, 0.3) is 10.0 Å². The normalized spacial score (nSPS) is 16.0. The van der Waals surface area contributed by atoms with Gasteiger partial charge in [-0.1, -0.05) is 42.0 Å². The molecule has 0 unspecified atom stereocenters. The number of ketones is 2. The fourth-order valence-electron chi connectivity index (χ4n) is 3.62. The van der Waals surface area contributed by atoms with Crippen LogP contribution in [0.4, 0.5) is 11.4 Å². The summed E-state index contributed by atoms with van der Waals surface area (Å²) in [6.07, 6.45) is 1.22. The number of anilines is 2. The fourth-order valence-corrected chi connectivity index (χ4v) is 5.14. The predicted molar refractivity (Wildman–Crippen MR) is 125 cm³/mol. The van der Waals surface area contributed by atoms with E-state index in [0.29, 0.717) is 22.5 Å². The molecule has 1 N–H and O–H groups in total. The van der Waals surface area contributed by atoms with E-state index in [2.05, 4.69) is 5.32 Å². The molecular weight excluding hydrogens is 424 g/mol. The Morgan fingerprint density at radius 3 is 2.41 bits per heavy atom. The molecular formula is C25H22N2O4S. The molecule has 0 fully saturated rings. The highest BCUT2D eigenvalue weighted by Gasteiger charge is 2.40. The Morgan fingerprint density at radius 1 is 1.00 bits per heavy atom. The Kier molecular flexibility index (Phi) is 5.67. The first-order chi connectivity index (χ1) is 15.3. The molecule has 3 aromatic rings. The second kappa shape index (κ2) is 8.43. The molecule has 1 heterocycles. The summed E-state index contributed by atoms with van der Waals surface area (Å²) in [6.45, 7) is 3.52. The van der Waals surface area contributed by atoms with E-state index in [-0.39, 0.29) is 17.2 Å². The number of carbonyl (C=O) groups excluding carboxylic acids is 2. The van der Waals surface area contributed by atoms with Crippen LogP contribution >= 0.6 is 0 Å². The van der Waals surface area contributed by atoms with Crippen molar-refractivity contribution in [3.8, 4) is 0 Å². The summed E-state index contributed by atoms with van der Waals surface area (Å²) < 4.78 is 28.3. The standard InChI is InChI=1S/C25H22N2O4S/c1-17-6-5-7-19(14-17)16-27-23-9-4-3-8-22(23)25(29)24(32(27,30)31)15-26-21-12-10-20(11-13-21)18(2)28/h3-15,26H,16H2,1-2H3. The van der Waals surface area contributed by atoms with Gasteiger partial charge in [0.1, 0.15) is 0 Å². The number of hydrogen-bond donors (Lipinski definition) is 1. The molecule has 7 heteroatoms. The number of rotatable bonds is 5. The number of nitrogens with one attached hydrogen (secondary N) is 1. The summed E-state index contributed by atoms with van der Waals surface area (Å²) in [5, 5.41) is 2.89. The maximum absolute atomic E-state index is 13.5. The highest BCUT2D eigenvalue weighted by Crippen LogP contribution is 2.36. The maximum Gasteiger partial charge on any atom is 0.270 e. The van der Waals surface area contributed by atoms with Crippen LogP contribution in [0.1, 0.15) is 38.8 Å². The zero-order valence-electron chi connectivity index (χ0n) is 17.7. The lowest BCUT2D eigenvalue weighted by atomic mass is 10.1. The second-order valence-corrected chi connectivity index (χ2v) is 9.46. The highest BCUT2D eigenvalue weighted by molar-refractivity contribution is 7.97. The Bertz CT molecular complexity index is 1340. The minimum atomic E-state index is -4.10. The monoisotopic (exact) mass is 446 g/mol. The Labute approximate surface area is 187 Å². The number of benzene rings is 3. The first-order valence-electron chi connectivity index (χ1n) is 10.1. The van der Waals surface area contributed by atoms with E-state index in [4.69, 9.17) is 0 Å². The molecule has 32 heavy (non-hydrogen) atoms. The fraction of sp³-hybridized carbons (Fsp3) is 0.120. The molecule has 0 saturated carbocycles. The van der Waals surface area contributed by atoms with Crippen molar-refractivity contribution in [2.24, 2.45) is 0 Å². The van der Waals surface area contributed by atoms with Gasteiger partial charge in [-0.2, -0.15) is 0 Å². The van der Waals surface area contributed by atoms with Crippen LogP contribution in [0.2, 0.25) is 0 Å². The molecule has 162 valence electrons. The number of aryl methyl sites for hydroxylation is 1. The van der Waals surface area contributed by atoms with Crippen molar-refractivity contribution >= 4 is 33.0 Å². The van der Waals surface area contributed by atoms with Gasteiger partial charge in [0.05, 0.1) is 12.2 Å². The first-order valence-corrected chi connectivity index (χ1v) is 11.5. The molecule has 0 amide bonds. The number of nitrogens with zero attached hydrogens (tertiary/aromatic N) is 1. The van der Waals surface area contributed by atoms with Crippen molar-refractivity contribution in [1.82, 2.24) is 0 Å². The average Bonchev–Trinajstić information content (AvgIpc) is 2.77. The van der Waals surface area contributed by atoms with E-state index < -0.39 is 15.8 Å². The van der Waals surface area contributed by atoms with Crippen LogP contribution in [0.3, 0.4) is 0 Å². The van der Waals surface area contributed by atoms with Crippen LogP contribution in [-0.2, 0) is 16.6 Å². The molecule has 0 radical (unpaired) electrons. The largest absolute Gasteiger partial charge is 0.360 e. The summed E-state index contributed by atoms with van der Waals surface area (Å²) in [4.78, 5) is 24.2. The van der Waals surface area contributed by atoms with Gasteiger partial charge < -0.3 is 5.32 Å². The minimum absolute atomic E-state index is 0.0664. The summed E-state index contributed by atoms with van der Waals surface area (Å²) in [6, 6.07) is 20.9. The predicted octanol–water partition coefficient (Wildman–Crippen LogP) is 4.68. The van der Waals surface area contributed by atoms with Crippen LogP contribution in [0, 0.1) is 6.92 Å². The number of para-hydroxylation sites is 1. The van der Waals surface area contributed by atoms with E-state index >= 15 is 0 Å². The number of carbonyl (C=O) groups is 2. The molecule has 4 rings (SSSR count). The summed E-state index contributed by atoms with van der Waals surface area (Å²) >= 11 is 0. The summed E-state index contributed by atoms with van der Waals surface area (Å²) in [7, 11) is -4.10. The van der Waals surface area contributed by atoms with Crippen molar-refractivity contribution in [2.75, 3.05) is 9.62 Å². The van der Waals surface area contributed by atoms with Crippen molar-refractivity contribution < 1.29 is 18.0 Å². The molecule has 0 spiro atoms. The average molecular weight is 447 g/mol. The highest BCUT2D eigenvalue weighted by atomic mass is 32.2. The Morgan fingerprint density at radius 2 is 1.72 bits per heavy atom. The summed E-state index contributed by atoms with van der Waals surface area (Å²) in [5.74, 6) is -0.628. The molecule has 6 nitrogen and oxygen atoms in total. The van der Waals surface area contributed by atoms with E-state index in [1.54, 1.807) is 48.5 Å². The van der Waals surface area contributed by atoms with Gasteiger partial charge in [-0.05, 0) is 55.8 Å². The molecule has 0 aliphatic carbocycles. The van der Waals surface area contributed by atoms with E-state index in [0.717, 1.165) is 11.1 Å². The molecule has 3 aromatic carbocycles. The van der Waals surface area contributed by atoms with Gasteiger partial charge in [-0.15, -0.1) is 0 Å². The van der Waals surface area contributed by atoms with Crippen molar-refractivity contribution in [3.05, 3.63) is 106 Å². The zero-order chi connectivity index (χ0) is 22.9. The van der Waals surface area contributed by atoms with Gasteiger partial charge in [0.2, 0.25) is 5.78 Å². The van der Waals surface area contributed by atoms with Crippen LogP contribution in [0.15, 0.2) is 83.9 Å². The number of sulfonamides is 1. The lowest BCUT2D eigenvalue weighted by Crippen LogP contribution is -2.39. The lowest BCUT2D eigenvalue weighted by Gasteiger charge is -2.31. The third-order valence-corrected chi connectivity index (χ3v) is 7.04. The number of Topliss-reactive ketones (excluding diaryl/α,β-unsaturated/α-hetero) is 2. The molecule has 0 atom stereocenters.